The Bertz CT molecular complexity index is 1030. The van der Waals surface area contributed by atoms with Crippen LogP contribution in [0.2, 0.25) is 0 Å². The van der Waals surface area contributed by atoms with Crippen LogP contribution in [0.15, 0.2) is 18.2 Å². The summed E-state index contributed by atoms with van der Waals surface area (Å²) in [6.07, 6.45) is -6.39. The molecule has 0 radical (unpaired) electrons. The van der Waals surface area contributed by atoms with Crippen LogP contribution in [0.1, 0.15) is 41.2 Å². The van der Waals surface area contributed by atoms with Crippen LogP contribution in [0.5, 0.6) is 0 Å². The first kappa shape index (κ1) is 30.0. The molecule has 2 aliphatic heterocycles. The van der Waals surface area contributed by atoms with E-state index in [1.54, 1.807) is 0 Å². The highest BCUT2D eigenvalue weighted by Crippen LogP contribution is 2.23. The van der Waals surface area contributed by atoms with Crippen molar-refractivity contribution >= 4 is 11.9 Å². The predicted molar refractivity (Wildman–Crippen MR) is 117 cm³/mol. The molecule has 0 bridgehead atoms. The molecule has 15 heteroatoms. The lowest BCUT2D eigenvalue weighted by atomic mass is 10.0. The summed E-state index contributed by atoms with van der Waals surface area (Å²) >= 11 is 0. The van der Waals surface area contributed by atoms with Crippen molar-refractivity contribution in [2.75, 3.05) is 19.6 Å². The second-order valence-electron chi connectivity index (χ2n) is 8.45. The van der Waals surface area contributed by atoms with Crippen LogP contribution >= 0.6 is 0 Å². The molecule has 0 saturated carbocycles. The Balaban J connectivity index is 0.000000286. The van der Waals surface area contributed by atoms with Gasteiger partial charge in [0.2, 0.25) is 0 Å². The zero-order valence-electron chi connectivity index (χ0n) is 19.9. The van der Waals surface area contributed by atoms with Gasteiger partial charge in [-0.15, -0.1) is 0 Å². The van der Waals surface area contributed by atoms with E-state index in [1.807, 2.05) is 0 Å². The number of aliphatic carboxylic acids is 2. The topological polar surface area (TPSA) is 123 Å². The number of carbonyl (C=O) groups is 2. The molecule has 0 unspecified atom stereocenters. The van der Waals surface area contributed by atoms with E-state index in [9.17, 15) is 26.3 Å². The Labute approximate surface area is 208 Å². The van der Waals surface area contributed by atoms with Gasteiger partial charge in [0, 0.05) is 37.4 Å². The van der Waals surface area contributed by atoms with Crippen LogP contribution in [0.4, 0.5) is 26.3 Å². The molecule has 0 aromatic carbocycles. The fourth-order valence-electron chi connectivity index (χ4n) is 3.78. The molecule has 9 nitrogen and oxygen atoms in total. The molecule has 4 heterocycles. The first-order valence-electron chi connectivity index (χ1n) is 11.2. The van der Waals surface area contributed by atoms with Gasteiger partial charge in [0.05, 0.1) is 17.1 Å². The van der Waals surface area contributed by atoms with E-state index in [0.717, 1.165) is 44.0 Å². The van der Waals surface area contributed by atoms with Gasteiger partial charge < -0.3 is 10.2 Å². The van der Waals surface area contributed by atoms with Gasteiger partial charge in [0.15, 0.2) is 0 Å². The van der Waals surface area contributed by atoms with E-state index >= 15 is 0 Å². The van der Waals surface area contributed by atoms with Crippen molar-refractivity contribution < 1.29 is 46.1 Å². The number of rotatable bonds is 4. The zero-order valence-corrected chi connectivity index (χ0v) is 19.9. The van der Waals surface area contributed by atoms with E-state index in [-0.39, 0.29) is 0 Å². The fraction of sp³-hybridized carbons (Fsp3) is 0.545. The number of aromatic nitrogens is 3. The quantitative estimate of drug-likeness (QED) is 0.505. The van der Waals surface area contributed by atoms with Crippen LogP contribution in [0.3, 0.4) is 0 Å². The number of hydrogen-bond acceptors (Lipinski definition) is 6. The highest BCUT2D eigenvalue weighted by Gasteiger charge is 2.38. The van der Waals surface area contributed by atoms with E-state index in [1.165, 1.54) is 42.9 Å². The second-order valence-corrected chi connectivity index (χ2v) is 8.45. The lowest BCUT2D eigenvalue weighted by Gasteiger charge is -2.26. The summed E-state index contributed by atoms with van der Waals surface area (Å²) in [5.41, 5.74) is 6.29. The van der Waals surface area contributed by atoms with Crippen molar-refractivity contribution in [2.24, 2.45) is 0 Å². The summed E-state index contributed by atoms with van der Waals surface area (Å²) in [4.78, 5) is 27.4. The number of aromatic amines is 1. The lowest BCUT2D eigenvalue weighted by molar-refractivity contribution is -0.193. The molecular formula is C22H27F6N5O4. The van der Waals surface area contributed by atoms with Gasteiger partial charge in [0.1, 0.15) is 0 Å². The molecule has 0 aliphatic carbocycles. The molecule has 2 aromatic heterocycles. The number of pyridine rings is 1. The van der Waals surface area contributed by atoms with Crippen LogP contribution in [-0.2, 0) is 35.6 Å². The Morgan fingerprint density at radius 3 is 2.03 bits per heavy atom. The third-order valence-corrected chi connectivity index (χ3v) is 5.49. The average Bonchev–Trinajstić information content (AvgIpc) is 3.44. The normalized spacial score (nSPS) is 16.2. The van der Waals surface area contributed by atoms with E-state index in [2.05, 4.69) is 50.1 Å². The molecule has 2 aromatic rings. The molecule has 0 atom stereocenters. The van der Waals surface area contributed by atoms with Gasteiger partial charge in [0.25, 0.3) is 0 Å². The summed E-state index contributed by atoms with van der Waals surface area (Å²) in [7, 11) is 0. The first-order chi connectivity index (χ1) is 17.2. The number of likely N-dealkylation sites (tertiary alicyclic amines) is 1. The average molecular weight is 539 g/mol. The maximum absolute atomic E-state index is 10.6. The SMILES string of the molecule is Cc1cccc(CN2CCc3c(CN4CCCC4)n[nH]c3C2)n1.O=C(O)C(F)(F)F.O=C(O)C(F)(F)F. The molecular weight excluding hydrogens is 512 g/mol. The summed E-state index contributed by atoms with van der Waals surface area (Å²) in [6, 6.07) is 6.27. The third kappa shape index (κ3) is 9.99. The summed E-state index contributed by atoms with van der Waals surface area (Å²) in [5.74, 6) is -5.51. The molecule has 206 valence electrons. The Morgan fingerprint density at radius 1 is 0.946 bits per heavy atom. The molecule has 3 N–H and O–H groups in total. The molecule has 0 spiro atoms. The highest BCUT2D eigenvalue weighted by atomic mass is 19.4. The van der Waals surface area contributed by atoms with Gasteiger partial charge >= 0.3 is 24.3 Å². The Morgan fingerprint density at radius 2 is 1.51 bits per heavy atom. The number of carboxylic acid groups (broad SMARTS) is 2. The highest BCUT2D eigenvalue weighted by molar-refractivity contribution is 5.73. The number of H-pyrrole nitrogens is 1. The van der Waals surface area contributed by atoms with Gasteiger partial charge in [-0.05, 0) is 51.4 Å². The van der Waals surface area contributed by atoms with Crippen molar-refractivity contribution in [1.82, 2.24) is 25.0 Å². The number of nitrogens with zero attached hydrogens (tertiary/aromatic N) is 4. The predicted octanol–water partition coefficient (Wildman–Crippen LogP) is 3.53. The van der Waals surface area contributed by atoms with Crippen molar-refractivity contribution in [3.63, 3.8) is 0 Å². The molecule has 2 aliphatic rings. The number of carboxylic acids is 2. The molecule has 1 fully saturated rings. The second kappa shape index (κ2) is 12.9. The number of nitrogens with one attached hydrogen (secondary N) is 1. The summed E-state index contributed by atoms with van der Waals surface area (Å²) < 4.78 is 63.5. The smallest absolute Gasteiger partial charge is 0.475 e. The third-order valence-electron chi connectivity index (χ3n) is 5.49. The van der Waals surface area contributed by atoms with Crippen molar-refractivity contribution in [3.8, 4) is 0 Å². The van der Waals surface area contributed by atoms with Crippen LogP contribution < -0.4 is 0 Å². The minimum Gasteiger partial charge on any atom is -0.475 e. The maximum atomic E-state index is 10.6. The van der Waals surface area contributed by atoms with Crippen LogP contribution in [-0.4, -0.2) is 79.1 Å². The number of halogens is 6. The van der Waals surface area contributed by atoms with Gasteiger partial charge in [-0.2, -0.15) is 31.4 Å². The van der Waals surface area contributed by atoms with E-state index in [0.29, 0.717) is 0 Å². The summed E-state index contributed by atoms with van der Waals surface area (Å²) in [5, 5.41) is 22.1. The monoisotopic (exact) mass is 539 g/mol. The van der Waals surface area contributed by atoms with Crippen LogP contribution in [0.25, 0.3) is 0 Å². The maximum Gasteiger partial charge on any atom is 0.490 e. The van der Waals surface area contributed by atoms with Gasteiger partial charge in [-0.3, -0.25) is 19.9 Å². The Hall–Kier alpha value is -3.20. The first-order valence-corrected chi connectivity index (χ1v) is 11.2. The standard InChI is InChI=1S/C18H25N5.2C2HF3O2/c1-14-5-4-6-15(19-14)11-23-10-7-16-17(20-21-18(16)13-23)12-22-8-2-3-9-22;2*3-2(4,5)1(6)7/h4-6H,2-3,7-13H2,1H3,(H,20,21);2*(H,6,7). The lowest BCUT2D eigenvalue weighted by Crippen LogP contribution is -2.31. The summed E-state index contributed by atoms with van der Waals surface area (Å²) in [6.45, 7) is 8.50. The zero-order chi connectivity index (χ0) is 27.8. The largest absolute Gasteiger partial charge is 0.490 e. The van der Waals surface area contributed by atoms with E-state index < -0.39 is 24.3 Å². The van der Waals surface area contributed by atoms with Crippen molar-refractivity contribution in [3.05, 3.63) is 46.5 Å². The van der Waals surface area contributed by atoms with Gasteiger partial charge in [-0.25, -0.2) is 9.59 Å². The molecule has 37 heavy (non-hydrogen) atoms. The van der Waals surface area contributed by atoms with Gasteiger partial charge in [-0.1, -0.05) is 6.07 Å². The van der Waals surface area contributed by atoms with Crippen molar-refractivity contribution in [2.45, 2.75) is 58.2 Å². The van der Waals surface area contributed by atoms with E-state index in [4.69, 9.17) is 19.8 Å². The fourth-order valence-corrected chi connectivity index (χ4v) is 3.78. The minimum atomic E-state index is -5.08. The number of fused-ring (bicyclic) bond motifs is 1. The number of hydrogen-bond donors (Lipinski definition) is 3. The van der Waals surface area contributed by atoms with Crippen molar-refractivity contribution in [1.29, 1.82) is 0 Å². The number of aryl methyl sites for hydroxylation is 1. The molecule has 0 amide bonds. The molecule has 1 saturated heterocycles. The Kier molecular flexibility index (Phi) is 10.4. The van der Waals surface area contributed by atoms with Crippen LogP contribution in [0, 0.1) is 6.92 Å². The minimum absolute atomic E-state index is 0.918. The molecule has 4 rings (SSSR count). The number of alkyl halides is 6.